The number of hydrogen-bond acceptors (Lipinski definition) is 4. The summed E-state index contributed by atoms with van der Waals surface area (Å²) >= 11 is 6.12. The molecule has 0 radical (unpaired) electrons. The highest BCUT2D eigenvalue weighted by atomic mass is 35.5. The van der Waals surface area contributed by atoms with Gasteiger partial charge < -0.3 is 19.5 Å². The van der Waals surface area contributed by atoms with E-state index in [1.165, 1.54) is 0 Å². The molecule has 0 saturated heterocycles. The number of allylic oxidation sites excluding steroid dienone is 1. The van der Waals surface area contributed by atoms with Gasteiger partial charge in [-0.1, -0.05) is 49.2 Å². The molecule has 0 spiro atoms. The van der Waals surface area contributed by atoms with Crippen molar-refractivity contribution in [2.45, 2.75) is 64.9 Å². The zero-order valence-corrected chi connectivity index (χ0v) is 19.7. The van der Waals surface area contributed by atoms with Gasteiger partial charge in [-0.3, -0.25) is 0 Å². The van der Waals surface area contributed by atoms with Crippen molar-refractivity contribution in [1.29, 1.82) is 0 Å². The molecule has 2 atom stereocenters. The fraction of sp³-hybridized carbons (Fsp3) is 0.462. The molecular formula is C26H34ClNO3. The lowest BCUT2D eigenvalue weighted by Crippen LogP contribution is -2.51. The number of unbranched alkanes of at least 4 members (excludes halogenated alkanes) is 1. The van der Waals surface area contributed by atoms with Gasteiger partial charge in [0, 0.05) is 29.4 Å². The van der Waals surface area contributed by atoms with E-state index >= 15 is 0 Å². The summed E-state index contributed by atoms with van der Waals surface area (Å²) in [6.45, 7) is 10.2. The standard InChI is InChI=1S/C26H34ClNO3/c1-5-7-14-29-24-22-17-21(28-18-19-10-9-11-20(27)16-19)12-13-23(22)31-26(3,4)25(24)30-15-8-6-2/h6,8-13,16-17,24-25,28H,5,7,14-15,18H2,1-4H3/b8-6+. The highest BCUT2D eigenvalue weighted by Crippen LogP contribution is 2.44. The third-order valence-electron chi connectivity index (χ3n) is 5.44. The number of fused-ring (bicyclic) bond motifs is 1. The van der Waals surface area contributed by atoms with E-state index in [0.29, 0.717) is 19.8 Å². The molecule has 4 nitrogen and oxygen atoms in total. The maximum atomic E-state index is 6.39. The van der Waals surface area contributed by atoms with E-state index in [1.54, 1.807) is 0 Å². The Balaban J connectivity index is 1.84. The van der Waals surface area contributed by atoms with Crippen LogP contribution in [0.3, 0.4) is 0 Å². The molecule has 5 heteroatoms. The second-order valence-corrected chi connectivity index (χ2v) is 8.85. The number of anilines is 1. The van der Waals surface area contributed by atoms with Gasteiger partial charge in [-0.15, -0.1) is 0 Å². The molecule has 0 aromatic heterocycles. The predicted molar refractivity (Wildman–Crippen MR) is 128 cm³/mol. The van der Waals surface area contributed by atoms with Crippen LogP contribution in [0.5, 0.6) is 5.75 Å². The predicted octanol–water partition coefficient (Wildman–Crippen LogP) is 6.94. The molecule has 0 aliphatic carbocycles. The largest absolute Gasteiger partial charge is 0.485 e. The lowest BCUT2D eigenvalue weighted by molar-refractivity contribution is -0.157. The summed E-state index contributed by atoms with van der Waals surface area (Å²) in [5, 5.41) is 4.23. The van der Waals surface area contributed by atoms with Crippen LogP contribution in [0.4, 0.5) is 5.69 Å². The van der Waals surface area contributed by atoms with E-state index in [-0.39, 0.29) is 12.2 Å². The molecule has 31 heavy (non-hydrogen) atoms. The quantitative estimate of drug-likeness (QED) is 0.319. The summed E-state index contributed by atoms with van der Waals surface area (Å²) in [5.74, 6) is 0.852. The Kier molecular flexibility index (Phi) is 8.42. The van der Waals surface area contributed by atoms with Gasteiger partial charge in [-0.2, -0.15) is 0 Å². The molecule has 0 fully saturated rings. The Morgan fingerprint density at radius 2 is 2.00 bits per heavy atom. The van der Waals surface area contributed by atoms with Gasteiger partial charge in [-0.25, -0.2) is 0 Å². The minimum atomic E-state index is -0.499. The normalized spacial score (nSPS) is 19.8. The van der Waals surface area contributed by atoms with Crippen molar-refractivity contribution in [1.82, 2.24) is 0 Å². The molecular weight excluding hydrogens is 410 g/mol. The van der Waals surface area contributed by atoms with Crippen LogP contribution in [0, 0.1) is 0 Å². The number of hydrogen-bond donors (Lipinski definition) is 1. The van der Waals surface area contributed by atoms with Gasteiger partial charge >= 0.3 is 0 Å². The monoisotopic (exact) mass is 443 g/mol. The van der Waals surface area contributed by atoms with E-state index in [0.717, 1.165) is 40.4 Å². The Labute approximate surface area is 191 Å². The van der Waals surface area contributed by atoms with Gasteiger partial charge in [0.1, 0.15) is 23.6 Å². The molecule has 1 N–H and O–H groups in total. The summed E-state index contributed by atoms with van der Waals surface area (Å²) in [6, 6.07) is 14.1. The van der Waals surface area contributed by atoms with Gasteiger partial charge in [0.25, 0.3) is 0 Å². The van der Waals surface area contributed by atoms with Crippen LogP contribution < -0.4 is 10.1 Å². The van der Waals surface area contributed by atoms with E-state index in [1.807, 2.05) is 49.4 Å². The Bertz CT molecular complexity index is 881. The molecule has 0 amide bonds. The number of benzene rings is 2. The minimum Gasteiger partial charge on any atom is -0.485 e. The maximum Gasteiger partial charge on any atom is 0.132 e. The van der Waals surface area contributed by atoms with Gasteiger partial charge in [0.2, 0.25) is 0 Å². The van der Waals surface area contributed by atoms with E-state index in [2.05, 4.69) is 38.2 Å². The third-order valence-corrected chi connectivity index (χ3v) is 5.67. The smallest absolute Gasteiger partial charge is 0.132 e. The fourth-order valence-electron chi connectivity index (χ4n) is 3.77. The van der Waals surface area contributed by atoms with Crippen molar-refractivity contribution in [2.24, 2.45) is 0 Å². The molecule has 1 aliphatic heterocycles. The van der Waals surface area contributed by atoms with Crippen LogP contribution >= 0.6 is 11.6 Å². The SMILES string of the molecule is C/C=C/COC1C(OCCCC)c2cc(NCc3cccc(Cl)c3)ccc2OC1(C)C. The van der Waals surface area contributed by atoms with E-state index in [9.17, 15) is 0 Å². The summed E-state index contributed by atoms with van der Waals surface area (Å²) in [4.78, 5) is 0. The van der Waals surface area contributed by atoms with Gasteiger partial charge in [0.05, 0.1) is 6.61 Å². The van der Waals surface area contributed by atoms with E-state index in [4.69, 9.17) is 25.8 Å². The molecule has 0 bridgehead atoms. The zero-order chi connectivity index (χ0) is 22.3. The molecule has 2 unspecified atom stereocenters. The van der Waals surface area contributed by atoms with Crippen molar-refractivity contribution >= 4 is 17.3 Å². The van der Waals surface area contributed by atoms with Crippen molar-refractivity contribution in [3.05, 3.63) is 70.8 Å². The molecule has 1 heterocycles. The van der Waals surface area contributed by atoms with Crippen LogP contribution in [-0.2, 0) is 16.0 Å². The first-order valence-corrected chi connectivity index (χ1v) is 11.5. The van der Waals surface area contributed by atoms with Crippen LogP contribution in [0.15, 0.2) is 54.6 Å². The highest BCUT2D eigenvalue weighted by molar-refractivity contribution is 6.30. The molecule has 2 aromatic carbocycles. The second-order valence-electron chi connectivity index (χ2n) is 8.41. The van der Waals surface area contributed by atoms with E-state index < -0.39 is 5.60 Å². The molecule has 168 valence electrons. The fourth-order valence-corrected chi connectivity index (χ4v) is 3.98. The van der Waals surface area contributed by atoms with Crippen LogP contribution in [0.25, 0.3) is 0 Å². The van der Waals surface area contributed by atoms with Crippen LogP contribution in [0.2, 0.25) is 5.02 Å². The van der Waals surface area contributed by atoms with Crippen molar-refractivity contribution in [2.75, 3.05) is 18.5 Å². The van der Waals surface area contributed by atoms with Crippen LogP contribution in [0.1, 0.15) is 57.8 Å². The summed E-state index contributed by atoms with van der Waals surface area (Å²) in [6.07, 6.45) is 5.71. The average Bonchev–Trinajstić information content (AvgIpc) is 2.74. The number of rotatable bonds is 10. The van der Waals surface area contributed by atoms with Crippen molar-refractivity contribution in [3.63, 3.8) is 0 Å². The van der Waals surface area contributed by atoms with Crippen molar-refractivity contribution in [3.8, 4) is 5.75 Å². The zero-order valence-electron chi connectivity index (χ0n) is 19.0. The summed E-state index contributed by atoms with van der Waals surface area (Å²) in [7, 11) is 0. The Morgan fingerprint density at radius 3 is 2.74 bits per heavy atom. The third kappa shape index (κ3) is 6.25. The lowest BCUT2D eigenvalue weighted by atomic mass is 9.87. The first kappa shape index (κ1) is 23.6. The first-order valence-electron chi connectivity index (χ1n) is 11.1. The second kappa shape index (κ2) is 11.0. The summed E-state index contributed by atoms with van der Waals surface area (Å²) < 4.78 is 19.0. The lowest BCUT2D eigenvalue weighted by Gasteiger charge is -2.44. The molecule has 2 aromatic rings. The van der Waals surface area contributed by atoms with Gasteiger partial charge in [-0.05, 0) is 63.1 Å². The number of ether oxygens (including phenoxy) is 3. The topological polar surface area (TPSA) is 39.7 Å². The maximum absolute atomic E-state index is 6.39. The number of nitrogens with one attached hydrogen (secondary N) is 1. The van der Waals surface area contributed by atoms with Crippen molar-refractivity contribution < 1.29 is 14.2 Å². The molecule has 1 aliphatic rings. The van der Waals surface area contributed by atoms with Crippen LogP contribution in [-0.4, -0.2) is 24.9 Å². The highest BCUT2D eigenvalue weighted by Gasteiger charge is 2.45. The minimum absolute atomic E-state index is 0.191. The number of halogens is 1. The van der Waals surface area contributed by atoms with Gasteiger partial charge in [0.15, 0.2) is 0 Å². The first-order chi connectivity index (χ1) is 14.9. The molecule has 0 saturated carbocycles. The summed E-state index contributed by atoms with van der Waals surface area (Å²) in [5.41, 5.74) is 2.67. The Morgan fingerprint density at radius 1 is 1.16 bits per heavy atom. The average molecular weight is 444 g/mol. The Hall–Kier alpha value is -2.01. The molecule has 3 rings (SSSR count).